The molecule has 1 saturated carbocycles. The highest BCUT2D eigenvalue weighted by atomic mass is 19.4. The second-order valence-corrected chi connectivity index (χ2v) is 6.18. The lowest BCUT2D eigenvalue weighted by molar-refractivity contribution is -0.137. The molecule has 3 rings (SSSR count). The molecule has 0 saturated heterocycles. The van der Waals surface area contributed by atoms with Gasteiger partial charge in [-0.05, 0) is 48.6 Å². The van der Waals surface area contributed by atoms with Gasteiger partial charge < -0.3 is 4.90 Å². The summed E-state index contributed by atoms with van der Waals surface area (Å²) >= 11 is 0. The molecule has 2 aromatic rings. The first kappa shape index (κ1) is 16.4. The fraction of sp³-hybridized carbons (Fsp3) is 0.316. The van der Waals surface area contributed by atoms with E-state index in [0.717, 1.165) is 36.2 Å². The van der Waals surface area contributed by atoms with Crippen molar-refractivity contribution < 1.29 is 13.2 Å². The van der Waals surface area contributed by atoms with E-state index in [4.69, 9.17) is 6.57 Å². The molecule has 124 valence electrons. The van der Waals surface area contributed by atoms with Crippen LogP contribution in [0.25, 0.3) is 4.85 Å². The van der Waals surface area contributed by atoms with Crippen LogP contribution in [-0.4, -0.2) is 13.1 Å². The highest BCUT2D eigenvalue weighted by Gasteiger charge is 2.34. The quantitative estimate of drug-likeness (QED) is 0.661. The van der Waals surface area contributed by atoms with Crippen LogP contribution in [0.5, 0.6) is 0 Å². The maximum Gasteiger partial charge on any atom is 0.416 e. The van der Waals surface area contributed by atoms with Crippen LogP contribution in [0.3, 0.4) is 0 Å². The predicted octanol–water partition coefficient (Wildman–Crippen LogP) is 5.64. The van der Waals surface area contributed by atoms with Crippen LogP contribution in [0.2, 0.25) is 0 Å². The van der Waals surface area contributed by atoms with Crippen molar-refractivity contribution >= 4 is 11.4 Å². The van der Waals surface area contributed by atoms with Gasteiger partial charge in [0.1, 0.15) is 0 Å². The van der Waals surface area contributed by atoms with Crippen LogP contribution < -0.4 is 4.90 Å². The molecule has 0 unspecified atom stereocenters. The molecule has 1 aliphatic carbocycles. The van der Waals surface area contributed by atoms with E-state index in [0.29, 0.717) is 17.6 Å². The normalized spacial score (nSPS) is 20.1. The highest BCUT2D eigenvalue weighted by Crippen LogP contribution is 2.41. The monoisotopic (exact) mass is 330 g/mol. The third kappa shape index (κ3) is 3.23. The molecule has 0 N–H and O–H groups in total. The number of halogens is 3. The average Bonchev–Trinajstić information content (AvgIpc) is 2.53. The minimum Gasteiger partial charge on any atom is -0.372 e. The number of anilines is 1. The van der Waals surface area contributed by atoms with Gasteiger partial charge in [-0.2, -0.15) is 13.2 Å². The maximum atomic E-state index is 12.6. The van der Waals surface area contributed by atoms with Crippen LogP contribution in [0.15, 0.2) is 48.5 Å². The number of nitrogens with zero attached hydrogens (tertiary/aromatic N) is 2. The number of alkyl halides is 3. The van der Waals surface area contributed by atoms with Gasteiger partial charge in [0.2, 0.25) is 0 Å². The second-order valence-electron chi connectivity index (χ2n) is 6.18. The first-order chi connectivity index (χ1) is 11.4. The smallest absolute Gasteiger partial charge is 0.372 e. The largest absolute Gasteiger partial charge is 0.416 e. The van der Waals surface area contributed by atoms with Crippen LogP contribution in [0.1, 0.15) is 29.9 Å². The molecule has 0 atom stereocenters. The summed E-state index contributed by atoms with van der Waals surface area (Å²) in [5.41, 5.74) is 2.04. The Kier molecular flexibility index (Phi) is 4.23. The van der Waals surface area contributed by atoms with E-state index in [9.17, 15) is 13.2 Å². The van der Waals surface area contributed by atoms with Crippen molar-refractivity contribution in [2.24, 2.45) is 0 Å². The van der Waals surface area contributed by atoms with Crippen molar-refractivity contribution in [1.29, 1.82) is 0 Å². The van der Waals surface area contributed by atoms with E-state index in [2.05, 4.69) is 9.74 Å². The minimum absolute atomic E-state index is 0.308. The topological polar surface area (TPSA) is 7.60 Å². The van der Waals surface area contributed by atoms with Crippen LogP contribution in [0.4, 0.5) is 24.5 Å². The van der Waals surface area contributed by atoms with Gasteiger partial charge in [0.15, 0.2) is 5.69 Å². The molecular formula is C19H17F3N2. The van der Waals surface area contributed by atoms with Gasteiger partial charge >= 0.3 is 6.18 Å². The van der Waals surface area contributed by atoms with Gasteiger partial charge in [-0.15, -0.1) is 0 Å². The van der Waals surface area contributed by atoms with E-state index in [1.165, 1.54) is 0 Å². The Morgan fingerprint density at radius 2 is 1.58 bits per heavy atom. The molecule has 0 bridgehead atoms. The van der Waals surface area contributed by atoms with Crippen molar-refractivity contribution in [3.8, 4) is 0 Å². The summed E-state index contributed by atoms with van der Waals surface area (Å²) in [7, 11) is 2.01. The zero-order chi connectivity index (χ0) is 17.3. The van der Waals surface area contributed by atoms with Gasteiger partial charge in [0.05, 0.1) is 12.1 Å². The lowest BCUT2D eigenvalue weighted by Crippen LogP contribution is -2.41. The third-order valence-electron chi connectivity index (χ3n) is 4.76. The lowest BCUT2D eigenvalue weighted by Gasteiger charge is -2.42. The fourth-order valence-electron chi connectivity index (χ4n) is 3.09. The molecule has 0 spiro atoms. The average molecular weight is 330 g/mol. The van der Waals surface area contributed by atoms with Crippen LogP contribution >= 0.6 is 0 Å². The molecule has 1 fully saturated rings. The summed E-state index contributed by atoms with van der Waals surface area (Å²) in [5, 5.41) is 0. The Balaban J connectivity index is 1.61. The van der Waals surface area contributed by atoms with Gasteiger partial charge in [-0.1, -0.05) is 24.3 Å². The maximum absolute atomic E-state index is 12.6. The highest BCUT2D eigenvalue weighted by molar-refractivity contribution is 5.56. The molecule has 2 aromatic carbocycles. The molecular weight excluding hydrogens is 313 g/mol. The van der Waals surface area contributed by atoms with Crippen molar-refractivity contribution in [2.75, 3.05) is 11.9 Å². The van der Waals surface area contributed by atoms with Crippen LogP contribution in [-0.2, 0) is 6.18 Å². The van der Waals surface area contributed by atoms with Gasteiger partial charge in [0.25, 0.3) is 0 Å². The van der Waals surface area contributed by atoms with E-state index in [1.54, 1.807) is 24.3 Å². The molecule has 5 heteroatoms. The molecule has 0 amide bonds. The Morgan fingerprint density at radius 3 is 2.08 bits per heavy atom. The summed E-state index contributed by atoms with van der Waals surface area (Å²) in [4.78, 5) is 5.55. The first-order valence-electron chi connectivity index (χ1n) is 7.76. The number of hydrogen-bond donors (Lipinski definition) is 0. The summed E-state index contributed by atoms with van der Waals surface area (Å²) in [5.74, 6) is 0.308. The van der Waals surface area contributed by atoms with Crippen molar-refractivity contribution in [3.63, 3.8) is 0 Å². The SMILES string of the molecule is [C-]#[N+]c1ccc(N(C)C2CC(c3ccc(C(F)(F)F)cc3)C2)cc1. The second kappa shape index (κ2) is 6.20. The molecule has 0 aromatic heterocycles. The fourth-order valence-corrected chi connectivity index (χ4v) is 3.09. The summed E-state index contributed by atoms with van der Waals surface area (Å²) < 4.78 is 37.8. The minimum atomic E-state index is -4.28. The number of benzene rings is 2. The lowest BCUT2D eigenvalue weighted by atomic mass is 9.75. The molecule has 1 aliphatic rings. The zero-order valence-electron chi connectivity index (χ0n) is 13.2. The predicted molar refractivity (Wildman–Crippen MR) is 88.3 cm³/mol. The van der Waals surface area contributed by atoms with Gasteiger partial charge in [-0.25, -0.2) is 4.85 Å². The summed E-state index contributed by atoms with van der Waals surface area (Å²) in [6.07, 6.45) is -2.43. The van der Waals surface area contributed by atoms with E-state index in [-0.39, 0.29) is 0 Å². The van der Waals surface area contributed by atoms with E-state index < -0.39 is 11.7 Å². The van der Waals surface area contributed by atoms with Crippen molar-refractivity contribution in [2.45, 2.75) is 31.0 Å². The number of hydrogen-bond acceptors (Lipinski definition) is 1. The van der Waals surface area contributed by atoms with Crippen molar-refractivity contribution in [1.82, 2.24) is 0 Å². The summed E-state index contributed by atoms with van der Waals surface area (Å²) in [6.45, 7) is 6.97. The molecule has 0 radical (unpaired) electrons. The Hall–Kier alpha value is -2.48. The zero-order valence-corrected chi connectivity index (χ0v) is 13.2. The number of rotatable bonds is 3. The Morgan fingerprint density at radius 1 is 1.00 bits per heavy atom. The molecule has 2 nitrogen and oxygen atoms in total. The van der Waals surface area contributed by atoms with Crippen molar-refractivity contribution in [3.05, 3.63) is 71.1 Å². The van der Waals surface area contributed by atoms with Crippen LogP contribution in [0, 0.1) is 6.57 Å². The standard InChI is InChI=1S/C19H17F3N2/c1-23-16-7-9-17(10-8-16)24(2)18-11-14(12-18)13-3-5-15(6-4-13)19(20,21)22/h3-10,14,18H,11-12H2,2H3. The van der Waals surface area contributed by atoms with E-state index in [1.807, 2.05) is 19.2 Å². The molecule has 0 aliphatic heterocycles. The van der Waals surface area contributed by atoms with Gasteiger partial charge in [-0.3, -0.25) is 0 Å². The Bertz CT molecular complexity index is 736. The van der Waals surface area contributed by atoms with E-state index >= 15 is 0 Å². The Labute approximate surface area is 139 Å². The first-order valence-corrected chi connectivity index (χ1v) is 7.76. The van der Waals surface area contributed by atoms with Gasteiger partial charge in [0, 0.05) is 18.8 Å². The molecule has 0 heterocycles. The molecule has 24 heavy (non-hydrogen) atoms. The summed E-state index contributed by atoms with van der Waals surface area (Å²) in [6, 6.07) is 13.3. The third-order valence-corrected chi connectivity index (χ3v) is 4.76.